The molecule has 0 bridgehead atoms. The Bertz CT molecular complexity index is 428. The largest absolute Gasteiger partial charge is 0.386 e. The van der Waals surface area contributed by atoms with Crippen LogP contribution >= 0.6 is 0 Å². The van der Waals surface area contributed by atoms with Gasteiger partial charge in [0.25, 0.3) is 0 Å². The van der Waals surface area contributed by atoms with E-state index in [0.29, 0.717) is 6.54 Å². The van der Waals surface area contributed by atoms with Gasteiger partial charge in [-0.25, -0.2) is 0 Å². The van der Waals surface area contributed by atoms with Crippen molar-refractivity contribution in [1.82, 2.24) is 10.3 Å². The lowest BCUT2D eigenvalue weighted by molar-refractivity contribution is -0.128. The molecule has 0 aliphatic rings. The van der Waals surface area contributed by atoms with Crippen LogP contribution in [0.2, 0.25) is 0 Å². The first-order valence-corrected chi connectivity index (χ1v) is 6.06. The number of aliphatic hydroxyl groups is 1. The van der Waals surface area contributed by atoms with Crippen LogP contribution < -0.4 is 5.32 Å². The van der Waals surface area contributed by atoms with Gasteiger partial charge in [-0.15, -0.1) is 0 Å². The molecule has 0 aromatic carbocycles. The minimum absolute atomic E-state index is 0.0203. The number of aromatic nitrogens is 1. The van der Waals surface area contributed by atoms with Crippen molar-refractivity contribution in [1.29, 1.82) is 0 Å². The summed E-state index contributed by atoms with van der Waals surface area (Å²) in [5.41, 5.74) is 0.260. The fourth-order valence-electron chi connectivity index (χ4n) is 1.61. The third-order valence-corrected chi connectivity index (χ3v) is 2.68. The van der Waals surface area contributed by atoms with Crippen LogP contribution in [0.15, 0.2) is 18.5 Å². The molecule has 0 spiro atoms. The predicted molar refractivity (Wildman–Crippen MR) is 70.8 cm³/mol. The van der Waals surface area contributed by atoms with Gasteiger partial charge in [0.05, 0.1) is 5.60 Å². The van der Waals surface area contributed by atoms with E-state index in [0.717, 1.165) is 11.1 Å². The Morgan fingerprint density at radius 2 is 1.94 bits per heavy atom. The van der Waals surface area contributed by atoms with Crippen molar-refractivity contribution in [3.63, 3.8) is 0 Å². The zero-order valence-corrected chi connectivity index (χ0v) is 11.7. The average molecular weight is 250 g/mol. The minimum atomic E-state index is -0.940. The molecule has 0 unspecified atom stereocenters. The highest BCUT2D eigenvalue weighted by atomic mass is 16.3. The van der Waals surface area contributed by atoms with Crippen molar-refractivity contribution >= 4 is 5.91 Å². The van der Waals surface area contributed by atoms with Gasteiger partial charge in [-0.2, -0.15) is 0 Å². The highest BCUT2D eigenvalue weighted by Gasteiger charge is 2.23. The summed E-state index contributed by atoms with van der Waals surface area (Å²) in [5, 5.41) is 12.9. The normalized spacial score (nSPS) is 12.3. The van der Waals surface area contributed by atoms with E-state index >= 15 is 0 Å². The van der Waals surface area contributed by atoms with Gasteiger partial charge in [0.15, 0.2) is 0 Å². The number of carbonyl (C=O) groups excluding carboxylic acids is 1. The maximum absolute atomic E-state index is 11.8. The zero-order valence-electron chi connectivity index (χ0n) is 11.7. The second-order valence-electron chi connectivity index (χ2n) is 6.02. The van der Waals surface area contributed by atoms with E-state index in [1.165, 1.54) is 0 Å². The molecule has 100 valence electrons. The van der Waals surface area contributed by atoms with Crippen LogP contribution in [0.5, 0.6) is 0 Å². The molecule has 2 N–H and O–H groups in total. The van der Waals surface area contributed by atoms with E-state index in [1.54, 1.807) is 32.3 Å². The molecule has 0 radical (unpaired) electrons. The molecular weight excluding hydrogens is 228 g/mol. The molecule has 4 nitrogen and oxygen atoms in total. The summed E-state index contributed by atoms with van der Waals surface area (Å²) in [6.07, 6.45) is 3.32. The summed E-state index contributed by atoms with van der Waals surface area (Å²) in [7, 11) is 0. The molecular formula is C14H22N2O2. The molecule has 0 aliphatic carbocycles. The van der Waals surface area contributed by atoms with Crippen molar-refractivity contribution in [3.8, 4) is 0 Å². The number of rotatable bonds is 3. The molecule has 0 fully saturated rings. The van der Waals surface area contributed by atoms with E-state index in [-0.39, 0.29) is 5.91 Å². The summed E-state index contributed by atoms with van der Waals surface area (Å²) < 4.78 is 0. The van der Waals surface area contributed by atoms with Crippen molar-refractivity contribution in [2.24, 2.45) is 5.41 Å². The number of hydrogen-bond donors (Lipinski definition) is 2. The SMILES string of the molecule is CC(C)(C)C(=O)NCc1cnccc1C(C)(C)O. The Hall–Kier alpha value is -1.42. The first-order valence-electron chi connectivity index (χ1n) is 6.06. The van der Waals surface area contributed by atoms with Gasteiger partial charge < -0.3 is 10.4 Å². The van der Waals surface area contributed by atoms with Gasteiger partial charge in [-0.05, 0) is 31.0 Å². The number of hydrogen-bond acceptors (Lipinski definition) is 3. The lowest BCUT2D eigenvalue weighted by atomic mass is 9.93. The third kappa shape index (κ3) is 3.81. The summed E-state index contributed by atoms with van der Waals surface area (Å²) >= 11 is 0. The second-order valence-corrected chi connectivity index (χ2v) is 6.02. The maximum atomic E-state index is 11.8. The summed E-state index contributed by atoms with van der Waals surface area (Å²) in [5.74, 6) is -0.0203. The molecule has 0 atom stereocenters. The van der Waals surface area contributed by atoms with E-state index in [4.69, 9.17) is 0 Å². The third-order valence-electron chi connectivity index (χ3n) is 2.68. The van der Waals surface area contributed by atoms with E-state index in [1.807, 2.05) is 20.8 Å². The molecule has 1 heterocycles. The van der Waals surface area contributed by atoms with Crippen LogP contribution in [0.4, 0.5) is 0 Å². The van der Waals surface area contributed by atoms with Crippen LogP contribution in [0.1, 0.15) is 45.7 Å². The Kier molecular flexibility index (Phi) is 4.12. The first-order chi connectivity index (χ1) is 8.12. The van der Waals surface area contributed by atoms with Gasteiger partial charge in [0.1, 0.15) is 0 Å². The fraction of sp³-hybridized carbons (Fsp3) is 0.571. The van der Waals surface area contributed by atoms with E-state index in [9.17, 15) is 9.90 Å². The lowest BCUT2D eigenvalue weighted by Gasteiger charge is -2.23. The fourth-order valence-corrected chi connectivity index (χ4v) is 1.61. The molecule has 4 heteroatoms. The van der Waals surface area contributed by atoms with Crippen LogP contribution in [0, 0.1) is 5.41 Å². The Morgan fingerprint density at radius 1 is 1.33 bits per heavy atom. The van der Waals surface area contributed by atoms with Gasteiger partial charge in [-0.1, -0.05) is 20.8 Å². The minimum Gasteiger partial charge on any atom is -0.386 e. The maximum Gasteiger partial charge on any atom is 0.225 e. The summed E-state index contributed by atoms with van der Waals surface area (Å²) in [6, 6.07) is 1.78. The zero-order chi connectivity index (χ0) is 14.0. The Labute approximate surface area is 108 Å². The molecule has 1 aromatic rings. The summed E-state index contributed by atoms with van der Waals surface area (Å²) in [4.78, 5) is 15.8. The van der Waals surface area contributed by atoms with Gasteiger partial charge in [0, 0.05) is 24.4 Å². The predicted octanol–water partition coefficient (Wildman–Crippen LogP) is 1.97. The monoisotopic (exact) mass is 250 g/mol. The van der Waals surface area contributed by atoms with Gasteiger partial charge >= 0.3 is 0 Å². The molecule has 18 heavy (non-hydrogen) atoms. The van der Waals surface area contributed by atoms with Crippen molar-refractivity contribution in [2.45, 2.75) is 46.8 Å². The van der Waals surface area contributed by atoms with Gasteiger partial charge in [0.2, 0.25) is 5.91 Å². The number of pyridine rings is 1. The Morgan fingerprint density at radius 3 is 2.44 bits per heavy atom. The summed E-state index contributed by atoms with van der Waals surface area (Å²) in [6.45, 7) is 9.41. The van der Waals surface area contributed by atoms with Crippen LogP contribution in [-0.4, -0.2) is 16.0 Å². The first kappa shape index (κ1) is 14.6. The number of amides is 1. The van der Waals surface area contributed by atoms with Crippen LogP contribution in [0.3, 0.4) is 0 Å². The molecule has 1 aromatic heterocycles. The van der Waals surface area contributed by atoms with Crippen molar-refractivity contribution in [2.75, 3.05) is 0 Å². The second kappa shape index (κ2) is 5.06. The Balaban J connectivity index is 2.84. The highest BCUT2D eigenvalue weighted by molar-refractivity contribution is 5.81. The quantitative estimate of drug-likeness (QED) is 0.862. The average Bonchev–Trinajstić information content (AvgIpc) is 2.23. The number of nitrogens with zero attached hydrogens (tertiary/aromatic N) is 1. The van der Waals surface area contributed by atoms with E-state index < -0.39 is 11.0 Å². The molecule has 0 saturated heterocycles. The molecule has 0 aliphatic heterocycles. The standard InChI is InChI=1S/C14H22N2O2/c1-13(2,3)12(17)16-9-10-8-15-7-6-11(10)14(4,5)18/h6-8,18H,9H2,1-5H3,(H,16,17). The van der Waals surface area contributed by atoms with E-state index in [2.05, 4.69) is 10.3 Å². The topological polar surface area (TPSA) is 62.2 Å². The molecule has 0 saturated carbocycles. The molecule has 1 amide bonds. The molecule has 1 rings (SSSR count). The van der Waals surface area contributed by atoms with Crippen molar-refractivity contribution < 1.29 is 9.90 Å². The lowest BCUT2D eigenvalue weighted by Crippen LogP contribution is -2.35. The smallest absolute Gasteiger partial charge is 0.225 e. The van der Waals surface area contributed by atoms with Crippen LogP contribution in [0.25, 0.3) is 0 Å². The van der Waals surface area contributed by atoms with Crippen LogP contribution in [-0.2, 0) is 16.9 Å². The highest BCUT2D eigenvalue weighted by Crippen LogP contribution is 2.23. The van der Waals surface area contributed by atoms with Gasteiger partial charge in [-0.3, -0.25) is 9.78 Å². The number of carbonyl (C=O) groups is 1. The van der Waals surface area contributed by atoms with Crippen molar-refractivity contribution in [3.05, 3.63) is 29.6 Å². The number of nitrogens with one attached hydrogen (secondary N) is 1.